The average molecular weight is 326 g/mol. The molecule has 0 aromatic heterocycles. The molecule has 0 saturated heterocycles. The molecule has 0 spiro atoms. The van der Waals surface area contributed by atoms with Gasteiger partial charge in [0, 0.05) is 18.3 Å². The first-order chi connectivity index (χ1) is 11.7. The van der Waals surface area contributed by atoms with Crippen LogP contribution >= 0.6 is 0 Å². The first-order valence-corrected chi connectivity index (χ1v) is 8.59. The summed E-state index contributed by atoms with van der Waals surface area (Å²) in [6, 6.07) is 16.4. The van der Waals surface area contributed by atoms with Crippen molar-refractivity contribution in [3.8, 4) is 0 Å². The van der Waals surface area contributed by atoms with Gasteiger partial charge in [-0.15, -0.1) is 0 Å². The molecule has 0 unspecified atom stereocenters. The molecular weight excluding hydrogens is 303 g/mol. The van der Waals surface area contributed by atoms with E-state index in [9.17, 15) is 9.18 Å². The molecule has 3 rings (SSSR count). The van der Waals surface area contributed by atoms with Crippen LogP contribution in [0, 0.1) is 5.82 Å². The summed E-state index contributed by atoms with van der Waals surface area (Å²) in [5.74, 6) is -0.343. The highest BCUT2D eigenvalue weighted by atomic mass is 19.1. The van der Waals surface area contributed by atoms with Gasteiger partial charge < -0.3 is 10.2 Å². The quantitative estimate of drug-likeness (QED) is 0.837. The molecule has 126 valence electrons. The van der Waals surface area contributed by atoms with Crippen LogP contribution in [0.15, 0.2) is 54.6 Å². The molecular formula is C20H23FN2O. The van der Waals surface area contributed by atoms with Crippen LogP contribution in [0.1, 0.15) is 31.2 Å². The minimum atomic E-state index is -0.343. The van der Waals surface area contributed by atoms with E-state index < -0.39 is 0 Å². The second-order valence-electron chi connectivity index (χ2n) is 6.31. The van der Waals surface area contributed by atoms with E-state index in [1.165, 1.54) is 30.5 Å². The Labute approximate surface area is 142 Å². The Morgan fingerprint density at radius 2 is 1.83 bits per heavy atom. The Kier molecular flexibility index (Phi) is 5.47. The molecule has 1 fully saturated rings. The van der Waals surface area contributed by atoms with Gasteiger partial charge in [-0.3, -0.25) is 0 Å². The van der Waals surface area contributed by atoms with Crippen LogP contribution in [-0.4, -0.2) is 23.5 Å². The van der Waals surface area contributed by atoms with Crippen LogP contribution < -0.4 is 5.32 Å². The third kappa shape index (κ3) is 4.34. The first kappa shape index (κ1) is 16.5. The zero-order chi connectivity index (χ0) is 16.8. The van der Waals surface area contributed by atoms with E-state index in [0.717, 1.165) is 19.3 Å². The van der Waals surface area contributed by atoms with Crippen LogP contribution in [0.25, 0.3) is 0 Å². The molecule has 0 bridgehead atoms. The summed E-state index contributed by atoms with van der Waals surface area (Å²) in [5.41, 5.74) is 1.72. The number of nitrogens with one attached hydrogen (secondary N) is 1. The highest BCUT2D eigenvalue weighted by molar-refractivity contribution is 5.89. The van der Waals surface area contributed by atoms with Crippen LogP contribution in [0.4, 0.5) is 14.9 Å². The number of hydrogen-bond acceptors (Lipinski definition) is 1. The number of halogens is 1. The van der Waals surface area contributed by atoms with E-state index in [4.69, 9.17) is 0 Å². The van der Waals surface area contributed by atoms with Crippen LogP contribution in [-0.2, 0) is 6.42 Å². The highest BCUT2D eigenvalue weighted by Gasteiger charge is 2.26. The van der Waals surface area contributed by atoms with E-state index in [-0.39, 0.29) is 17.9 Å². The van der Waals surface area contributed by atoms with Gasteiger partial charge in [0.25, 0.3) is 0 Å². The van der Waals surface area contributed by atoms with Gasteiger partial charge in [-0.2, -0.15) is 0 Å². The Hall–Kier alpha value is -2.36. The van der Waals surface area contributed by atoms with Crippen molar-refractivity contribution in [2.45, 2.75) is 38.1 Å². The van der Waals surface area contributed by atoms with Gasteiger partial charge in [0.15, 0.2) is 0 Å². The third-order valence-electron chi connectivity index (χ3n) is 4.59. The fourth-order valence-corrected chi connectivity index (χ4v) is 3.32. The zero-order valence-corrected chi connectivity index (χ0v) is 13.7. The predicted octanol–water partition coefficient (Wildman–Crippen LogP) is 4.84. The highest BCUT2D eigenvalue weighted by Crippen LogP contribution is 2.24. The normalized spacial score (nSPS) is 14.5. The fraction of sp³-hybridized carbons (Fsp3) is 0.350. The van der Waals surface area contributed by atoms with Gasteiger partial charge in [-0.05, 0) is 43.0 Å². The van der Waals surface area contributed by atoms with Crippen molar-refractivity contribution in [2.24, 2.45) is 0 Å². The number of rotatable bonds is 5. The summed E-state index contributed by atoms with van der Waals surface area (Å²) < 4.78 is 13.3. The summed E-state index contributed by atoms with van der Waals surface area (Å²) in [4.78, 5) is 14.6. The molecule has 1 saturated carbocycles. The lowest BCUT2D eigenvalue weighted by Gasteiger charge is -2.29. The second-order valence-corrected chi connectivity index (χ2v) is 6.31. The van der Waals surface area contributed by atoms with Crippen molar-refractivity contribution in [2.75, 3.05) is 11.9 Å². The Morgan fingerprint density at radius 3 is 2.54 bits per heavy atom. The summed E-state index contributed by atoms with van der Waals surface area (Å²) in [6.07, 6.45) is 5.25. The van der Waals surface area contributed by atoms with Crippen LogP contribution in [0.5, 0.6) is 0 Å². The first-order valence-electron chi connectivity index (χ1n) is 8.59. The molecule has 1 aliphatic rings. The van der Waals surface area contributed by atoms with Crippen molar-refractivity contribution < 1.29 is 9.18 Å². The van der Waals surface area contributed by atoms with Gasteiger partial charge in [-0.1, -0.05) is 49.2 Å². The Balaban J connectivity index is 1.68. The van der Waals surface area contributed by atoms with Gasteiger partial charge in [0.05, 0.1) is 0 Å². The molecule has 0 atom stereocenters. The van der Waals surface area contributed by atoms with E-state index in [2.05, 4.69) is 17.4 Å². The van der Waals surface area contributed by atoms with E-state index in [0.29, 0.717) is 12.2 Å². The molecule has 2 aromatic carbocycles. The number of carbonyl (C=O) groups is 1. The molecule has 0 aliphatic heterocycles. The number of nitrogens with zero attached hydrogens (tertiary/aromatic N) is 1. The van der Waals surface area contributed by atoms with Gasteiger partial charge in [-0.25, -0.2) is 9.18 Å². The molecule has 3 nitrogen and oxygen atoms in total. The third-order valence-corrected chi connectivity index (χ3v) is 4.59. The number of anilines is 1. The number of amides is 2. The minimum Gasteiger partial charge on any atom is -0.321 e. The molecule has 0 heterocycles. The van der Waals surface area contributed by atoms with Crippen LogP contribution in [0.3, 0.4) is 0 Å². The lowest BCUT2D eigenvalue weighted by atomic mass is 10.1. The molecule has 0 radical (unpaired) electrons. The van der Waals surface area contributed by atoms with Crippen molar-refractivity contribution in [3.05, 3.63) is 66.0 Å². The maximum absolute atomic E-state index is 13.3. The predicted molar refractivity (Wildman–Crippen MR) is 94.5 cm³/mol. The minimum absolute atomic E-state index is 0.136. The lowest BCUT2D eigenvalue weighted by Crippen LogP contribution is -2.42. The topological polar surface area (TPSA) is 32.3 Å². The van der Waals surface area contributed by atoms with Gasteiger partial charge in [0.1, 0.15) is 5.82 Å². The Bertz CT molecular complexity index is 668. The summed E-state index contributed by atoms with van der Waals surface area (Å²) in [7, 11) is 0. The number of benzene rings is 2. The van der Waals surface area contributed by atoms with Crippen LogP contribution in [0.2, 0.25) is 0 Å². The Morgan fingerprint density at radius 1 is 1.08 bits per heavy atom. The summed E-state index contributed by atoms with van der Waals surface area (Å²) in [5, 5.41) is 2.84. The molecule has 2 aromatic rings. The van der Waals surface area contributed by atoms with Gasteiger partial charge in [0.2, 0.25) is 0 Å². The van der Waals surface area contributed by atoms with Crippen molar-refractivity contribution in [3.63, 3.8) is 0 Å². The molecule has 1 aliphatic carbocycles. The molecule has 4 heteroatoms. The van der Waals surface area contributed by atoms with E-state index >= 15 is 0 Å². The maximum Gasteiger partial charge on any atom is 0.322 e. The SMILES string of the molecule is O=C(Nc1cccc(F)c1)N(CCc1ccccc1)C1CCCC1. The van der Waals surface area contributed by atoms with E-state index in [1.807, 2.05) is 23.1 Å². The maximum atomic E-state index is 13.3. The number of hydrogen-bond donors (Lipinski definition) is 1. The molecule has 24 heavy (non-hydrogen) atoms. The molecule has 1 N–H and O–H groups in total. The fourth-order valence-electron chi connectivity index (χ4n) is 3.32. The van der Waals surface area contributed by atoms with Crippen molar-refractivity contribution in [1.29, 1.82) is 0 Å². The number of carbonyl (C=O) groups excluding carboxylic acids is 1. The largest absolute Gasteiger partial charge is 0.322 e. The monoisotopic (exact) mass is 326 g/mol. The van der Waals surface area contributed by atoms with Crippen molar-refractivity contribution in [1.82, 2.24) is 4.90 Å². The van der Waals surface area contributed by atoms with Crippen molar-refractivity contribution >= 4 is 11.7 Å². The average Bonchev–Trinajstić information content (AvgIpc) is 3.10. The summed E-state index contributed by atoms with van der Waals surface area (Å²) >= 11 is 0. The van der Waals surface area contributed by atoms with Gasteiger partial charge >= 0.3 is 6.03 Å². The molecule has 2 amide bonds. The smallest absolute Gasteiger partial charge is 0.321 e. The second kappa shape index (κ2) is 7.95. The zero-order valence-electron chi connectivity index (χ0n) is 13.7. The summed E-state index contributed by atoms with van der Waals surface area (Å²) in [6.45, 7) is 0.676. The standard InChI is InChI=1S/C20H23FN2O/c21-17-9-6-10-18(15-17)22-20(24)23(19-11-4-5-12-19)14-13-16-7-2-1-3-8-16/h1-3,6-10,15,19H,4-5,11-14H2,(H,22,24). The van der Waals surface area contributed by atoms with E-state index in [1.54, 1.807) is 12.1 Å². The number of urea groups is 1. The lowest BCUT2D eigenvalue weighted by molar-refractivity contribution is 0.189.